The minimum atomic E-state index is -3.10. The van der Waals surface area contributed by atoms with Crippen LogP contribution in [0.4, 0.5) is 5.00 Å². The maximum atomic E-state index is 13.2. The highest BCUT2D eigenvalue weighted by atomic mass is 32.2. The highest BCUT2D eigenvalue weighted by molar-refractivity contribution is 7.91. The second kappa shape index (κ2) is 8.63. The number of carbonyl (C=O) groups excluding carboxylic acids is 2. The van der Waals surface area contributed by atoms with Crippen LogP contribution < -0.4 is 15.4 Å². The quantitative estimate of drug-likeness (QED) is 0.711. The number of benzene rings is 1. The van der Waals surface area contributed by atoms with Gasteiger partial charge >= 0.3 is 0 Å². The third-order valence-electron chi connectivity index (χ3n) is 5.89. The fraction of sp³-hybridized carbons (Fsp3) is 0.455. The first-order valence-electron chi connectivity index (χ1n) is 10.4. The monoisotopic (exact) mass is 462 g/mol. The number of amides is 2. The Bertz CT molecular complexity index is 1120. The van der Waals surface area contributed by atoms with Gasteiger partial charge in [-0.1, -0.05) is 19.1 Å². The number of carbonyl (C=O) groups is 2. The van der Waals surface area contributed by atoms with Crippen LogP contribution in [0.25, 0.3) is 0 Å². The average molecular weight is 463 g/mol. The number of fused-ring (bicyclic) bond motifs is 1. The minimum Gasteiger partial charge on any atom is -0.496 e. The number of anilines is 1. The highest BCUT2D eigenvalue weighted by Gasteiger charge is 2.33. The lowest BCUT2D eigenvalue weighted by Gasteiger charge is -2.19. The maximum absolute atomic E-state index is 13.2. The van der Waals surface area contributed by atoms with Crippen molar-refractivity contribution in [2.75, 3.05) is 23.9 Å². The van der Waals surface area contributed by atoms with Crippen molar-refractivity contribution in [3.05, 3.63) is 45.8 Å². The Balaban J connectivity index is 1.64. The fourth-order valence-electron chi connectivity index (χ4n) is 4.25. The number of nitrogens with one attached hydrogen (secondary N) is 2. The van der Waals surface area contributed by atoms with Crippen LogP contribution in [0, 0.1) is 5.92 Å². The lowest BCUT2D eigenvalue weighted by molar-refractivity contribution is 0.0941. The summed E-state index contributed by atoms with van der Waals surface area (Å²) in [5.74, 6) is 0.363. The maximum Gasteiger partial charge on any atom is 0.260 e. The highest BCUT2D eigenvalue weighted by Crippen LogP contribution is 2.40. The second-order valence-corrected chi connectivity index (χ2v) is 11.6. The van der Waals surface area contributed by atoms with Crippen molar-refractivity contribution < 1.29 is 22.7 Å². The van der Waals surface area contributed by atoms with Gasteiger partial charge in [0.15, 0.2) is 9.84 Å². The Morgan fingerprint density at radius 2 is 1.94 bits per heavy atom. The van der Waals surface area contributed by atoms with Crippen LogP contribution in [0.2, 0.25) is 0 Å². The van der Waals surface area contributed by atoms with Crippen molar-refractivity contribution in [1.82, 2.24) is 5.32 Å². The molecule has 2 unspecified atom stereocenters. The van der Waals surface area contributed by atoms with E-state index in [9.17, 15) is 18.0 Å². The molecule has 0 radical (unpaired) electrons. The average Bonchev–Trinajstić information content (AvgIpc) is 3.25. The van der Waals surface area contributed by atoms with E-state index in [1.54, 1.807) is 24.3 Å². The number of hydrogen-bond donors (Lipinski definition) is 2. The Kier molecular flexibility index (Phi) is 6.07. The Morgan fingerprint density at radius 1 is 1.16 bits per heavy atom. The molecule has 1 aliphatic heterocycles. The molecule has 1 fully saturated rings. The summed E-state index contributed by atoms with van der Waals surface area (Å²) in [6.07, 6.45) is 3.02. The van der Waals surface area contributed by atoms with Crippen molar-refractivity contribution in [2.45, 2.75) is 38.6 Å². The molecule has 9 heteroatoms. The van der Waals surface area contributed by atoms with E-state index in [2.05, 4.69) is 17.6 Å². The summed E-state index contributed by atoms with van der Waals surface area (Å²) in [7, 11) is -1.60. The zero-order valence-corrected chi connectivity index (χ0v) is 19.2. The van der Waals surface area contributed by atoms with Crippen LogP contribution in [0.3, 0.4) is 0 Å². The summed E-state index contributed by atoms with van der Waals surface area (Å²) < 4.78 is 28.9. The van der Waals surface area contributed by atoms with Crippen LogP contribution in [-0.4, -0.2) is 44.9 Å². The van der Waals surface area contributed by atoms with Gasteiger partial charge in [0.05, 0.1) is 29.7 Å². The molecule has 2 aromatic rings. The predicted octanol–water partition coefficient (Wildman–Crippen LogP) is 3.05. The third-order valence-corrected chi connectivity index (χ3v) is 8.82. The number of sulfone groups is 1. The van der Waals surface area contributed by atoms with E-state index < -0.39 is 15.9 Å². The van der Waals surface area contributed by atoms with E-state index in [1.807, 2.05) is 0 Å². The second-order valence-electron chi connectivity index (χ2n) is 8.28. The summed E-state index contributed by atoms with van der Waals surface area (Å²) in [5, 5.41) is 6.31. The van der Waals surface area contributed by atoms with Gasteiger partial charge in [0.2, 0.25) is 0 Å². The molecule has 2 atom stereocenters. The molecule has 1 aromatic carbocycles. The molecule has 4 rings (SSSR count). The predicted molar refractivity (Wildman–Crippen MR) is 121 cm³/mol. The Labute approximate surface area is 186 Å². The molecule has 0 bridgehead atoms. The standard InChI is InChI=1S/C22H26N2O5S2/c1-13-7-8-16-18(11-13)30-22(24-20(25)15-5-3-4-6-17(15)29-2)19(16)21(26)23-14-9-10-31(27,28)12-14/h3-6,13-14H,7-12H2,1-2H3,(H,23,26)(H,24,25). The van der Waals surface area contributed by atoms with Gasteiger partial charge in [0, 0.05) is 10.9 Å². The summed E-state index contributed by atoms with van der Waals surface area (Å²) >= 11 is 1.44. The molecular formula is C22H26N2O5S2. The molecule has 1 aliphatic carbocycles. The van der Waals surface area contributed by atoms with Crippen molar-refractivity contribution in [2.24, 2.45) is 5.92 Å². The van der Waals surface area contributed by atoms with Gasteiger partial charge in [-0.25, -0.2) is 8.42 Å². The minimum absolute atomic E-state index is 0.0367. The number of hydrogen-bond acceptors (Lipinski definition) is 6. The summed E-state index contributed by atoms with van der Waals surface area (Å²) in [6.45, 7) is 2.18. The molecule has 1 aromatic heterocycles. The van der Waals surface area contributed by atoms with Crippen molar-refractivity contribution >= 4 is 38.0 Å². The lowest BCUT2D eigenvalue weighted by atomic mass is 9.88. The van der Waals surface area contributed by atoms with E-state index in [4.69, 9.17) is 4.74 Å². The van der Waals surface area contributed by atoms with Crippen molar-refractivity contribution in [1.29, 1.82) is 0 Å². The first-order chi connectivity index (χ1) is 14.8. The summed E-state index contributed by atoms with van der Waals surface area (Å²) in [6, 6.07) is 6.53. The first kappa shape index (κ1) is 21.8. The third kappa shape index (κ3) is 4.62. The molecule has 0 saturated carbocycles. The number of rotatable bonds is 5. The largest absolute Gasteiger partial charge is 0.496 e. The van der Waals surface area contributed by atoms with Crippen molar-refractivity contribution in [3.63, 3.8) is 0 Å². The van der Waals surface area contributed by atoms with Crippen molar-refractivity contribution in [3.8, 4) is 5.75 Å². The van der Waals surface area contributed by atoms with Gasteiger partial charge in [-0.15, -0.1) is 11.3 Å². The molecule has 1 saturated heterocycles. The molecule has 2 aliphatic rings. The lowest BCUT2D eigenvalue weighted by Crippen LogP contribution is -2.36. The number of para-hydroxylation sites is 1. The summed E-state index contributed by atoms with van der Waals surface area (Å²) in [4.78, 5) is 27.3. The fourth-order valence-corrected chi connectivity index (χ4v) is 7.32. The van der Waals surface area contributed by atoms with E-state index in [0.717, 1.165) is 29.7 Å². The molecule has 31 heavy (non-hydrogen) atoms. The zero-order valence-electron chi connectivity index (χ0n) is 17.6. The first-order valence-corrected chi connectivity index (χ1v) is 13.0. The zero-order chi connectivity index (χ0) is 22.2. The van der Waals surface area contributed by atoms with Crippen LogP contribution >= 0.6 is 11.3 Å². The topological polar surface area (TPSA) is 102 Å². The van der Waals surface area contributed by atoms with Gasteiger partial charge in [-0.2, -0.15) is 0 Å². The number of methoxy groups -OCH3 is 1. The number of ether oxygens (including phenoxy) is 1. The van der Waals surface area contributed by atoms with E-state index in [-0.39, 0.29) is 23.3 Å². The van der Waals surface area contributed by atoms with Gasteiger partial charge in [-0.3, -0.25) is 9.59 Å². The Morgan fingerprint density at radius 3 is 2.65 bits per heavy atom. The van der Waals surface area contributed by atoms with E-state index >= 15 is 0 Å². The van der Waals surface area contributed by atoms with E-state index in [0.29, 0.717) is 34.2 Å². The normalized spacial score (nSPS) is 21.9. The smallest absolute Gasteiger partial charge is 0.260 e. The van der Waals surface area contributed by atoms with Crippen LogP contribution in [0.15, 0.2) is 24.3 Å². The summed E-state index contributed by atoms with van der Waals surface area (Å²) in [5.41, 5.74) is 1.83. The van der Waals surface area contributed by atoms with Gasteiger partial charge in [0.25, 0.3) is 11.8 Å². The molecule has 7 nitrogen and oxygen atoms in total. The van der Waals surface area contributed by atoms with Crippen LogP contribution in [0.5, 0.6) is 5.75 Å². The molecule has 2 amide bonds. The molecule has 2 N–H and O–H groups in total. The van der Waals surface area contributed by atoms with E-state index in [1.165, 1.54) is 18.4 Å². The molecule has 2 heterocycles. The molecular weight excluding hydrogens is 436 g/mol. The number of thiophene rings is 1. The van der Waals surface area contributed by atoms with Gasteiger partial charge in [0.1, 0.15) is 10.8 Å². The van der Waals surface area contributed by atoms with Crippen LogP contribution in [0.1, 0.15) is 50.9 Å². The molecule has 166 valence electrons. The Hall–Kier alpha value is -2.39. The van der Waals surface area contributed by atoms with Gasteiger partial charge < -0.3 is 15.4 Å². The molecule has 0 spiro atoms. The SMILES string of the molecule is COc1ccccc1C(=O)Nc1sc2c(c1C(=O)NC1CCS(=O)(=O)C1)CCC(C)C2. The van der Waals surface area contributed by atoms with Gasteiger partial charge in [-0.05, 0) is 49.3 Å². The van der Waals surface area contributed by atoms with Crippen LogP contribution in [-0.2, 0) is 22.7 Å².